The fourth-order valence-corrected chi connectivity index (χ4v) is 7.24. The van der Waals surface area contributed by atoms with Gasteiger partial charge >= 0.3 is 5.97 Å². The highest BCUT2D eigenvalue weighted by Gasteiger charge is 2.32. The van der Waals surface area contributed by atoms with E-state index < -0.39 is 47.2 Å². The highest BCUT2D eigenvalue weighted by atomic mass is 35.5. The maximum absolute atomic E-state index is 14.6. The first kappa shape index (κ1) is 46.8. The third-order valence-electron chi connectivity index (χ3n) is 9.74. The van der Waals surface area contributed by atoms with E-state index in [1.807, 2.05) is 0 Å². The zero-order valence-electron chi connectivity index (χ0n) is 32.7. The van der Waals surface area contributed by atoms with Gasteiger partial charge in [0.2, 0.25) is 0 Å². The number of nitrogens with two attached hydrogens (primary N) is 1. The molecule has 0 spiro atoms. The van der Waals surface area contributed by atoms with Crippen LogP contribution >= 0.6 is 35.6 Å². The maximum atomic E-state index is 14.6. The number of hydrogen-bond donors (Lipinski definition) is 5. The first-order chi connectivity index (χ1) is 29.0. The van der Waals surface area contributed by atoms with Crippen LogP contribution in [0.3, 0.4) is 0 Å². The first-order valence-corrected chi connectivity index (χ1v) is 19.2. The van der Waals surface area contributed by atoms with Gasteiger partial charge in [0.1, 0.15) is 29.0 Å². The lowest BCUT2D eigenvalue weighted by atomic mass is 10.0. The van der Waals surface area contributed by atoms with Gasteiger partial charge in [-0.05, 0) is 110 Å². The van der Waals surface area contributed by atoms with E-state index in [1.54, 1.807) is 32.6 Å². The monoisotopic (exact) mass is 914 g/mol. The number of nitrogens with one attached hydrogen (secondary N) is 3. The van der Waals surface area contributed by atoms with E-state index in [1.165, 1.54) is 70.0 Å². The Morgan fingerprint density at radius 1 is 0.661 bits per heavy atom. The lowest BCUT2D eigenvalue weighted by Gasteiger charge is -2.15. The van der Waals surface area contributed by atoms with Crippen LogP contribution in [0.25, 0.3) is 0 Å². The molecule has 0 fully saturated rings. The van der Waals surface area contributed by atoms with Crippen LogP contribution in [0.2, 0.25) is 10.0 Å². The number of carbonyl (C=O) groups is 4. The highest BCUT2D eigenvalue weighted by Crippen LogP contribution is 2.37. The van der Waals surface area contributed by atoms with Gasteiger partial charge < -0.3 is 26.8 Å². The summed E-state index contributed by atoms with van der Waals surface area (Å²) in [5.74, 6) is -4.30. The number of fused-ring (bicyclic) bond motifs is 2. The molecule has 6 aromatic rings. The van der Waals surface area contributed by atoms with Crippen LogP contribution in [0.5, 0.6) is 0 Å². The quantitative estimate of drug-likeness (QED) is 0.0989. The Morgan fingerprint density at radius 2 is 1.11 bits per heavy atom. The second-order valence-corrected chi connectivity index (χ2v) is 14.7. The summed E-state index contributed by atoms with van der Waals surface area (Å²) in [6.07, 6.45) is 5.27. The van der Waals surface area contributed by atoms with Gasteiger partial charge in [-0.15, -0.1) is 12.4 Å². The van der Waals surface area contributed by atoms with Crippen molar-refractivity contribution in [3.8, 4) is 0 Å². The van der Waals surface area contributed by atoms with Crippen molar-refractivity contribution in [2.45, 2.75) is 37.8 Å². The first-order valence-electron chi connectivity index (χ1n) is 18.4. The third kappa shape index (κ3) is 10.8. The standard InChI is InChI=1S/C21H17ClF2N4O2.C16H13ClF2N2O.C5H6N2O2.ClH/c1-28-9-8-18(27-28)21(30)26-17-7-4-12-13(3-6-16(24)19(12)17)20(29)25-11-2-5-15(23)14(22)10-11;17-11-7-8(1-4-12(11)18)21-16(22)10-2-5-13(19)15-9(10)3-6-14(15)20;1-7-3-2-4(6-7)5(8)9;/h2-3,5-6,8-10,17H,4,7H2,1H3,(H,25,29)(H,26,30);1-2,4-5,7,14H,3,6,20H2,(H,21,22);2-3H,1H3,(H,8,9);1H/t17-;14-;;/m00../s1. The van der Waals surface area contributed by atoms with E-state index in [4.69, 9.17) is 34.0 Å². The van der Waals surface area contributed by atoms with Crippen molar-refractivity contribution in [3.05, 3.63) is 163 Å². The molecule has 2 heterocycles. The topological polar surface area (TPSA) is 186 Å². The number of anilines is 2. The lowest BCUT2D eigenvalue weighted by molar-refractivity contribution is 0.0688. The Balaban J connectivity index is 0.000000198. The molecule has 3 amide bonds. The molecule has 2 aliphatic carbocycles. The van der Waals surface area contributed by atoms with Crippen LogP contribution in [-0.2, 0) is 26.9 Å². The zero-order chi connectivity index (χ0) is 44.1. The minimum absolute atomic E-state index is 0. The molecule has 324 valence electrons. The Bertz CT molecular complexity index is 2680. The summed E-state index contributed by atoms with van der Waals surface area (Å²) in [5.41, 5.74) is 9.43. The van der Waals surface area contributed by atoms with E-state index in [9.17, 15) is 36.7 Å². The summed E-state index contributed by atoms with van der Waals surface area (Å²) in [4.78, 5) is 47.7. The molecule has 8 rings (SSSR count). The van der Waals surface area contributed by atoms with E-state index >= 15 is 0 Å². The van der Waals surface area contributed by atoms with Gasteiger partial charge in [0.25, 0.3) is 17.7 Å². The smallest absolute Gasteiger partial charge is 0.356 e. The van der Waals surface area contributed by atoms with Crippen LogP contribution in [0, 0.1) is 23.3 Å². The van der Waals surface area contributed by atoms with E-state index in [2.05, 4.69) is 26.1 Å². The number of aryl methyl sites for hydroxylation is 2. The third-order valence-corrected chi connectivity index (χ3v) is 10.3. The molecule has 13 nitrogen and oxygen atoms in total. The Kier molecular flexibility index (Phi) is 15.1. The fraction of sp³-hybridized carbons (Fsp3) is 0.190. The van der Waals surface area contributed by atoms with Gasteiger partial charge in [0.05, 0.1) is 16.1 Å². The summed E-state index contributed by atoms with van der Waals surface area (Å²) in [6, 6.07) is 15.1. The van der Waals surface area contributed by atoms with Crippen molar-refractivity contribution in [2.24, 2.45) is 19.8 Å². The largest absolute Gasteiger partial charge is 0.476 e. The predicted octanol–water partition coefficient (Wildman–Crippen LogP) is 8.38. The van der Waals surface area contributed by atoms with E-state index in [0.29, 0.717) is 70.4 Å². The van der Waals surface area contributed by atoms with E-state index in [-0.39, 0.29) is 45.7 Å². The van der Waals surface area contributed by atoms with Gasteiger partial charge in [-0.25, -0.2) is 22.4 Å². The number of benzene rings is 4. The molecule has 0 saturated carbocycles. The Labute approximate surface area is 367 Å². The van der Waals surface area contributed by atoms with Crippen LogP contribution in [0.4, 0.5) is 28.9 Å². The molecule has 0 saturated heterocycles. The normalized spacial score (nSPS) is 14.5. The molecule has 0 bridgehead atoms. The number of rotatable bonds is 7. The number of hydrogen-bond acceptors (Lipinski definition) is 7. The number of aromatic carboxylic acids is 1. The summed E-state index contributed by atoms with van der Waals surface area (Å²) >= 11 is 11.4. The lowest BCUT2D eigenvalue weighted by Crippen LogP contribution is -2.28. The minimum atomic E-state index is -0.990. The Morgan fingerprint density at radius 3 is 1.56 bits per heavy atom. The van der Waals surface area contributed by atoms with Crippen molar-refractivity contribution in [1.82, 2.24) is 24.9 Å². The molecule has 62 heavy (non-hydrogen) atoms. The van der Waals surface area contributed by atoms with Crippen molar-refractivity contribution in [3.63, 3.8) is 0 Å². The zero-order valence-corrected chi connectivity index (χ0v) is 35.0. The minimum Gasteiger partial charge on any atom is -0.476 e. The van der Waals surface area contributed by atoms with Crippen molar-refractivity contribution < 1.29 is 41.8 Å². The summed E-state index contributed by atoms with van der Waals surface area (Å²) < 4.78 is 57.8. The van der Waals surface area contributed by atoms with Gasteiger partial charge in [-0.3, -0.25) is 23.7 Å². The molecule has 6 N–H and O–H groups in total. The molecule has 4 aromatic carbocycles. The van der Waals surface area contributed by atoms with Crippen LogP contribution in [-0.4, -0.2) is 48.4 Å². The van der Waals surface area contributed by atoms with Gasteiger partial charge in [0.15, 0.2) is 5.69 Å². The number of halogens is 7. The van der Waals surface area contributed by atoms with Crippen molar-refractivity contribution >= 4 is 70.7 Å². The van der Waals surface area contributed by atoms with Gasteiger partial charge in [-0.1, -0.05) is 23.2 Å². The molecule has 2 aliphatic rings. The number of carboxylic acid groups (broad SMARTS) is 1. The summed E-state index contributed by atoms with van der Waals surface area (Å²) in [7, 11) is 3.37. The summed E-state index contributed by atoms with van der Waals surface area (Å²) in [6.45, 7) is 0. The molecule has 0 radical (unpaired) electrons. The average molecular weight is 916 g/mol. The molecule has 2 aromatic heterocycles. The van der Waals surface area contributed by atoms with E-state index in [0.717, 1.165) is 6.07 Å². The number of nitrogens with zero attached hydrogens (tertiary/aromatic N) is 4. The number of amides is 3. The average Bonchev–Trinajstić information content (AvgIpc) is 4.04. The highest BCUT2D eigenvalue weighted by molar-refractivity contribution is 6.31. The SMILES string of the molecule is Cl.Cn1ccc(C(=O)N[C@H]2CCc3c(C(=O)Nc4ccc(F)c(Cl)c4)ccc(F)c32)n1.Cn1ccc(C(=O)O)n1.N[C@H]1CCc2c(C(=O)Nc3ccc(F)c(Cl)c3)ccc(F)c21. The van der Waals surface area contributed by atoms with Gasteiger partial charge in [0, 0.05) is 66.2 Å². The molecule has 20 heteroatoms. The molecule has 2 atom stereocenters. The molecular formula is C42H37Cl3F4N8O5. The molecule has 0 aliphatic heterocycles. The van der Waals surface area contributed by atoms with Crippen LogP contribution in [0.15, 0.2) is 85.2 Å². The maximum Gasteiger partial charge on any atom is 0.356 e. The second-order valence-electron chi connectivity index (χ2n) is 13.9. The number of aromatic nitrogens is 4. The number of carbonyl (C=O) groups excluding carboxylic acids is 3. The van der Waals surface area contributed by atoms with Gasteiger partial charge in [-0.2, -0.15) is 10.2 Å². The fourth-order valence-electron chi connectivity index (χ4n) is 6.88. The predicted molar refractivity (Wildman–Crippen MR) is 226 cm³/mol. The van der Waals surface area contributed by atoms with Crippen LogP contribution in [0.1, 0.15) is 88.9 Å². The Hall–Kier alpha value is -6.27. The number of carboxylic acids is 1. The second kappa shape index (κ2) is 20.1. The summed E-state index contributed by atoms with van der Waals surface area (Å²) in [5, 5.41) is 23.9. The van der Waals surface area contributed by atoms with Crippen LogP contribution < -0.4 is 21.7 Å². The van der Waals surface area contributed by atoms with Crippen molar-refractivity contribution in [2.75, 3.05) is 10.6 Å². The molecule has 0 unspecified atom stereocenters. The molecular weight excluding hydrogens is 879 g/mol. The van der Waals surface area contributed by atoms with Crippen molar-refractivity contribution in [1.29, 1.82) is 0 Å².